The van der Waals surface area contributed by atoms with Gasteiger partial charge >= 0.3 is 0 Å². The maximum Gasteiger partial charge on any atom is 0.295 e. The van der Waals surface area contributed by atoms with Crippen molar-refractivity contribution >= 4 is 6.47 Å². The van der Waals surface area contributed by atoms with Crippen LogP contribution in [0.15, 0.2) is 30.3 Å². The Hall–Kier alpha value is -1.39. The third-order valence-electron chi connectivity index (χ3n) is 2.53. The minimum absolute atomic E-state index is 0.124. The van der Waals surface area contributed by atoms with Crippen LogP contribution in [0.5, 0.6) is 0 Å². The van der Waals surface area contributed by atoms with Crippen LogP contribution in [0.25, 0.3) is 0 Å². The smallest absolute Gasteiger partial charge is 0.295 e. The summed E-state index contributed by atoms with van der Waals surface area (Å²) in [5, 5.41) is 3.28. The lowest BCUT2D eigenvalue weighted by molar-refractivity contribution is -0.172. The van der Waals surface area contributed by atoms with Gasteiger partial charge in [-0.1, -0.05) is 30.3 Å². The molecule has 86 valence electrons. The maximum atomic E-state index is 10.4. The SMILES string of the molecule is CC1(C)NC(c2ccccc2)C(OC=O)O1. The molecule has 1 aromatic rings. The van der Waals surface area contributed by atoms with Crippen molar-refractivity contribution in [2.24, 2.45) is 0 Å². The van der Waals surface area contributed by atoms with Gasteiger partial charge in [0.05, 0.1) is 6.04 Å². The average molecular weight is 221 g/mol. The minimum atomic E-state index is -0.574. The van der Waals surface area contributed by atoms with Gasteiger partial charge in [0.25, 0.3) is 6.47 Å². The Kier molecular flexibility index (Phi) is 2.94. The quantitative estimate of drug-likeness (QED) is 0.787. The molecule has 0 amide bonds. The predicted molar refractivity (Wildman–Crippen MR) is 58.4 cm³/mol. The first-order valence-corrected chi connectivity index (χ1v) is 5.22. The Bertz CT molecular complexity index is 364. The number of hydrogen-bond donors (Lipinski definition) is 1. The van der Waals surface area contributed by atoms with Crippen LogP contribution in [-0.4, -0.2) is 18.5 Å². The molecule has 2 rings (SSSR count). The van der Waals surface area contributed by atoms with E-state index in [1.165, 1.54) is 0 Å². The van der Waals surface area contributed by atoms with E-state index in [9.17, 15) is 4.79 Å². The van der Waals surface area contributed by atoms with Gasteiger partial charge < -0.3 is 9.47 Å². The summed E-state index contributed by atoms with van der Waals surface area (Å²) in [5.74, 6) is 0. The highest BCUT2D eigenvalue weighted by Gasteiger charge is 2.41. The van der Waals surface area contributed by atoms with E-state index in [1.54, 1.807) is 0 Å². The largest absolute Gasteiger partial charge is 0.436 e. The Labute approximate surface area is 94.6 Å². The maximum absolute atomic E-state index is 10.4. The molecule has 1 heterocycles. The van der Waals surface area contributed by atoms with Gasteiger partial charge in [-0.2, -0.15) is 0 Å². The Balaban J connectivity index is 2.22. The third kappa shape index (κ3) is 2.23. The summed E-state index contributed by atoms with van der Waals surface area (Å²) in [5.41, 5.74) is 0.550. The predicted octanol–water partition coefficient (Wildman–Crippen LogP) is 1.58. The van der Waals surface area contributed by atoms with Gasteiger partial charge in [0.1, 0.15) is 5.72 Å². The van der Waals surface area contributed by atoms with Crippen molar-refractivity contribution < 1.29 is 14.3 Å². The number of hydrogen-bond acceptors (Lipinski definition) is 4. The molecule has 16 heavy (non-hydrogen) atoms. The Morgan fingerprint density at radius 3 is 2.69 bits per heavy atom. The van der Waals surface area contributed by atoms with Gasteiger partial charge in [0.15, 0.2) is 0 Å². The molecule has 0 bridgehead atoms. The van der Waals surface area contributed by atoms with Crippen LogP contribution in [0.3, 0.4) is 0 Å². The molecule has 0 radical (unpaired) electrons. The number of ether oxygens (including phenoxy) is 2. The number of carbonyl (C=O) groups is 1. The van der Waals surface area contributed by atoms with Crippen LogP contribution in [0.2, 0.25) is 0 Å². The zero-order valence-electron chi connectivity index (χ0n) is 9.34. The highest BCUT2D eigenvalue weighted by Crippen LogP contribution is 2.31. The van der Waals surface area contributed by atoms with E-state index in [4.69, 9.17) is 9.47 Å². The number of benzene rings is 1. The summed E-state index contributed by atoms with van der Waals surface area (Å²) in [6.45, 7) is 4.22. The first-order valence-electron chi connectivity index (χ1n) is 5.22. The van der Waals surface area contributed by atoms with Gasteiger partial charge in [0, 0.05) is 0 Å². The monoisotopic (exact) mass is 221 g/mol. The van der Waals surface area contributed by atoms with Crippen molar-refractivity contribution in [3.05, 3.63) is 35.9 Å². The van der Waals surface area contributed by atoms with Crippen LogP contribution in [0, 0.1) is 0 Å². The lowest BCUT2D eigenvalue weighted by Crippen LogP contribution is -2.34. The van der Waals surface area contributed by atoms with E-state index in [1.807, 2.05) is 44.2 Å². The molecular formula is C12H15NO3. The fraction of sp³-hybridized carbons (Fsp3) is 0.417. The summed E-state index contributed by atoms with van der Waals surface area (Å²) in [6.07, 6.45) is -0.574. The molecule has 2 unspecified atom stereocenters. The van der Waals surface area contributed by atoms with E-state index in [2.05, 4.69) is 5.32 Å². The molecule has 0 aromatic heterocycles. The Morgan fingerprint density at radius 2 is 2.06 bits per heavy atom. The summed E-state index contributed by atoms with van der Waals surface area (Å²) in [6, 6.07) is 9.66. The number of rotatable bonds is 3. The van der Waals surface area contributed by atoms with Crippen molar-refractivity contribution in [1.82, 2.24) is 5.32 Å². The van der Waals surface area contributed by atoms with Crippen molar-refractivity contribution in [3.8, 4) is 0 Å². The molecule has 4 heteroatoms. The van der Waals surface area contributed by atoms with Crippen LogP contribution in [0.1, 0.15) is 25.5 Å². The van der Waals surface area contributed by atoms with Crippen LogP contribution >= 0.6 is 0 Å². The van der Waals surface area contributed by atoms with Gasteiger partial charge in [-0.05, 0) is 19.4 Å². The topological polar surface area (TPSA) is 47.6 Å². The second-order valence-corrected chi connectivity index (χ2v) is 4.26. The molecule has 4 nitrogen and oxygen atoms in total. The van der Waals surface area contributed by atoms with Gasteiger partial charge in [-0.3, -0.25) is 10.1 Å². The van der Waals surface area contributed by atoms with Crippen LogP contribution < -0.4 is 5.32 Å². The average Bonchev–Trinajstić information content (AvgIpc) is 2.56. The molecule has 1 saturated heterocycles. The zero-order valence-corrected chi connectivity index (χ0v) is 9.34. The van der Waals surface area contributed by atoms with Crippen molar-refractivity contribution in [2.75, 3.05) is 0 Å². The standard InChI is InChI=1S/C12H15NO3/c1-12(2)13-10(11(16-12)15-8-14)9-6-4-3-5-7-9/h3-8,10-11,13H,1-2H3. The van der Waals surface area contributed by atoms with Crippen molar-refractivity contribution in [3.63, 3.8) is 0 Å². The molecular weight excluding hydrogens is 206 g/mol. The van der Waals surface area contributed by atoms with Gasteiger partial charge in [0.2, 0.25) is 6.29 Å². The number of carbonyl (C=O) groups excluding carboxylic acids is 1. The summed E-state index contributed by atoms with van der Waals surface area (Å²) in [4.78, 5) is 10.4. The molecule has 1 aliphatic heterocycles. The molecule has 0 aliphatic carbocycles. The van der Waals surface area contributed by atoms with Gasteiger partial charge in [-0.25, -0.2) is 0 Å². The lowest BCUT2D eigenvalue weighted by atomic mass is 10.1. The van der Waals surface area contributed by atoms with E-state index in [0.29, 0.717) is 6.47 Å². The molecule has 2 atom stereocenters. The van der Waals surface area contributed by atoms with E-state index < -0.39 is 12.0 Å². The minimum Gasteiger partial charge on any atom is -0.436 e. The van der Waals surface area contributed by atoms with Gasteiger partial charge in [-0.15, -0.1) is 0 Å². The summed E-state index contributed by atoms with van der Waals surface area (Å²) in [7, 11) is 0. The molecule has 0 saturated carbocycles. The first-order chi connectivity index (χ1) is 7.62. The van der Waals surface area contributed by atoms with Crippen LogP contribution in [-0.2, 0) is 14.3 Å². The van der Waals surface area contributed by atoms with E-state index in [-0.39, 0.29) is 6.04 Å². The molecule has 1 fully saturated rings. The summed E-state index contributed by atoms with van der Waals surface area (Å²) < 4.78 is 10.5. The normalized spacial score (nSPS) is 27.6. The zero-order chi connectivity index (χ0) is 11.6. The molecule has 0 spiro atoms. The third-order valence-corrected chi connectivity index (χ3v) is 2.53. The van der Waals surface area contributed by atoms with E-state index in [0.717, 1.165) is 5.56 Å². The van der Waals surface area contributed by atoms with Crippen molar-refractivity contribution in [2.45, 2.75) is 31.9 Å². The number of nitrogens with one attached hydrogen (secondary N) is 1. The second-order valence-electron chi connectivity index (χ2n) is 4.26. The fourth-order valence-electron chi connectivity index (χ4n) is 1.90. The Morgan fingerprint density at radius 1 is 1.38 bits per heavy atom. The molecule has 1 aliphatic rings. The molecule has 1 aromatic carbocycles. The lowest BCUT2D eigenvalue weighted by Gasteiger charge is -2.17. The highest BCUT2D eigenvalue weighted by atomic mass is 16.7. The second kappa shape index (κ2) is 4.23. The highest BCUT2D eigenvalue weighted by molar-refractivity contribution is 5.38. The van der Waals surface area contributed by atoms with Crippen LogP contribution in [0.4, 0.5) is 0 Å². The summed E-state index contributed by atoms with van der Waals surface area (Å²) >= 11 is 0. The molecule has 1 N–H and O–H groups in total. The first kappa shape index (κ1) is 11.1. The van der Waals surface area contributed by atoms with Crippen molar-refractivity contribution in [1.29, 1.82) is 0 Å². The van der Waals surface area contributed by atoms with E-state index >= 15 is 0 Å². The fourth-order valence-corrected chi connectivity index (χ4v) is 1.90.